The molecule has 0 N–H and O–H groups in total. The second-order valence-corrected chi connectivity index (χ2v) is 4.16. The molecule has 0 aliphatic rings. The molecule has 0 atom stereocenters. The molecule has 0 aliphatic carbocycles. The molecule has 2 heterocycles. The third-order valence-corrected chi connectivity index (χ3v) is 2.93. The smallest absolute Gasteiger partial charge is 0.233 e. The summed E-state index contributed by atoms with van der Waals surface area (Å²) in [4.78, 5) is 16.3. The summed E-state index contributed by atoms with van der Waals surface area (Å²) in [6, 6.07) is 9.24. The fourth-order valence-corrected chi connectivity index (χ4v) is 2.00. The molecule has 0 saturated carbocycles. The monoisotopic (exact) mass is 271 g/mol. The Morgan fingerprint density at radius 3 is 2.90 bits per heavy atom. The fraction of sp³-hybridized carbons (Fsp3) is 0.0667. The Labute approximate surface area is 113 Å². The van der Waals surface area contributed by atoms with Crippen molar-refractivity contribution in [3.63, 3.8) is 0 Å². The number of carbonyl (C=O) groups is 1. The Hall–Kier alpha value is -2.69. The van der Waals surface area contributed by atoms with Crippen molar-refractivity contribution in [1.29, 1.82) is 0 Å². The average molecular weight is 271 g/mol. The standard InChI is InChI=1S/C15H10FNO3/c1-19-15-10(5-3-7-17-15)13(18)12-8-9-4-2-6-11(16)14(9)20-12/h2-8H,1H3. The molecular formula is C15H10FNO3. The second-order valence-electron chi connectivity index (χ2n) is 4.16. The van der Waals surface area contributed by atoms with E-state index in [0.717, 1.165) is 0 Å². The Morgan fingerprint density at radius 2 is 2.15 bits per heavy atom. The van der Waals surface area contributed by atoms with Crippen LogP contribution in [0.15, 0.2) is 47.0 Å². The summed E-state index contributed by atoms with van der Waals surface area (Å²) < 4.78 is 23.9. The van der Waals surface area contributed by atoms with E-state index < -0.39 is 11.6 Å². The highest BCUT2D eigenvalue weighted by atomic mass is 19.1. The van der Waals surface area contributed by atoms with Gasteiger partial charge in [0.05, 0.1) is 12.7 Å². The average Bonchev–Trinajstić information content (AvgIpc) is 2.92. The first-order chi connectivity index (χ1) is 9.70. The zero-order valence-electron chi connectivity index (χ0n) is 10.6. The minimum atomic E-state index is -0.500. The molecule has 0 unspecified atom stereocenters. The molecule has 5 heteroatoms. The molecule has 0 radical (unpaired) electrons. The number of furan rings is 1. The SMILES string of the molecule is COc1ncccc1C(=O)c1cc2cccc(F)c2o1. The highest BCUT2D eigenvalue weighted by molar-refractivity contribution is 6.10. The van der Waals surface area contributed by atoms with Crippen molar-refractivity contribution >= 4 is 16.8 Å². The van der Waals surface area contributed by atoms with Gasteiger partial charge in [0.25, 0.3) is 0 Å². The van der Waals surface area contributed by atoms with Crippen LogP contribution in [-0.2, 0) is 0 Å². The van der Waals surface area contributed by atoms with Gasteiger partial charge in [-0.2, -0.15) is 0 Å². The van der Waals surface area contributed by atoms with E-state index in [-0.39, 0.29) is 22.8 Å². The van der Waals surface area contributed by atoms with Crippen molar-refractivity contribution in [3.05, 3.63) is 59.7 Å². The van der Waals surface area contributed by atoms with Gasteiger partial charge in [-0.15, -0.1) is 0 Å². The number of hydrogen-bond acceptors (Lipinski definition) is 4. The molecule has 3 rings (SSSR count). The topological polar surface area (TPSA) is 52.3 Å². The van der Waals surface area contributed by atoms with Crippen LogP contribution >= 0.6 is 0 Å². The quantitative estimate of drug-likeness (QED) is 0.686. The molecule has 0 amide bonds. The van der Waals surface area contributed by atoms with E-state index in [0.29, 0.717) is 5.39 Å². The summed E-state index contributed by atoms with van der Waals surface area (Å²) >= 11 is 0. The van der Waals surface area contributed by atoms with E-state index in [4.69, 9.17) is 9.15 Å². The van der Waals surface area contributed by atoms with Crippen LogP contribution in [0.4, 0.5) is 4.39 Å². The predicted octanol–water partition coefficient (Wildman–Crippen LogP) is 3.21. The second kappa shape index (κ2) is 4.77. The van der Waals surface area contributed by atoms with Gasteiger partial charge in [0.15, 0.2) is 17.2 Å². The first-order valence-corrected chi connectivity index (χ1v) is 5.92. The number of hydrogen-bond donors (Lipinski definition) is 0. The number of aromatic nitrogens is 1. The molecule has 0 saturated heterocycles. The van der Waals surface area contributed by atoms with E-state index in [1.165, 1.54) is 25.4 Å². The number of methoxy groups -OCH3 is 1. The van der Waals surface area contributed by atoms with Crippen LogP contribution < -0.4 is 4.74 Å². The van der Waals surface area contributed by atoms with Crippen LogP contribution in [0.3, 0.4) is 0 Å². The first kappa shape index (κ1) is 12.3. The third-order valence-electron chi connectivity index (χ3n) is 2.93. The van der Waals surface area contributed by atoms with E-state index in [2.05, 4.69) is 4.98 Å². The molecular weight excluding hydrogens is 261 g/mol. The molecule has 0 fully saturated rings. The Balaban J connectivity index is 2.11. The summed E-state index contributed by atoms with van der Waals surface area (Å²) in [5, 5.41) is 0.538. The number of carbonyl (C=O) groups excluding carboxylic acids is 1. The fourth-order valence-electron chi connectivity index (χ4n) is 2.00. The van der Waals surface area contributed by atoms with Crippen molar-refractivity contribution in [1.82, 2.24) is 4.98 Å². The number of pyridine rings is 1. The maximum atomic E-state index is 13.6. The minimum Gasteiger partial charge on any atom is -0.480 e. The zero-order valence-corrected chi connectivity index (χ0v) is 10.6. The predicted molar refractivity (Wildman–Crippen MR) is 70.4 cm³/mol. The minimum absolute atomic E-state index is 0.0522. The first-order valence-electron chi connectivity index (χ1n) is 5.92. The molecule has 100 valence electrons. The van der Waals surface area contributed by atoms with Gasteiger partial charge in [0.2, 0.25) is 11.7 Å². The number of para-hydroxylation sites is 1. The molecule has 3 aromatic rings. The van der Waals surface area contributed by atoms with E-state index >= 15 is 0 Å². The lowest BCUT2D eigenvalue weighted by Crippen LogP contribution is -2.03. The lowest BCUT2D eigenvalue weighted by Gasteiger charge is -2.03. The van der Waals surface area contributed by atoms with Gasteiger partial charge < -0.3 is 9.15 Å². The van der Waals surface area contributed by atoms with Gasteiger partial charge in [-0.3, -0.25) is 4.79 Å². The molecule has 0 aliphatic heterocycles. The molecule has 20 heavy (non-hydrogen) atoms. The highest BCUT2D eigenvalue weighted by Gasteiger charge is 2.20. The lowest BCUT2D eigenvalue weighted by molar-refractivity contribution is 0.101. The number of halogens is 1. The zero-order chi connectivity index (χ0) is 14.1. The lowest BCUT2D eigenvalue weighted by atomic mass is 10.1. The number of rotatable bonds is 3. The number of ether oxygens (including phenoxy) is 1. The van der Waals surface area contributed by atoms with Crippen LogP contribution in [0, 0.1) is 5.82 Å². The Bertz CT molecular complexity index is 795. The van der Waals surface area contributed by atoms with Crippen molar-refractivity contribution in [2.24, 2.45) is 0 Å². The van der Waals surface area contributed by atoms with Gasteiger partial charge in [0, 0.05) is 11.6 Å². The van der Waals surface area contributed by atoms with Crippen LogP contribution in [0.2, 0.25) is 0 Å². The van der Waals surface area contributed by atoms with Gasteiger partial charge in [-0.05, 0) is 24.3 Å². The van der Waals surface area contributed by atoms with Gasteiger partial charge in [0.1, 0.15) is 0 Å². The summed E-state index contributed by atoms with van der Waals surface area (Å²) in [5.41, 5.74) is 0.341. The largest absolute Gasteiger partial charge is 0.480 e. The summed E-state index contributed by atoms with van der Waals surface area (Å²) in [5.74, 6) is -0.639. The summed E-state index contributed by atoms with van der Waals surface area (Å²) in [7, 11) is 1.43. The molecule has 1 aromatic carbocycles. The number of ketones is 1. The van der Waals surface area contributed by atoms with Crippen molar-refractivity contribution in [3.8, 4) is 5.88 Å². The van der Waals surface area contributed by atoms with Crippen molar-refractivity contribution in [2.45, 2.75) is 0 Å². The number of fused-ring (bicyclic) bond motifs is 1. The van der Waals surface area contributed by atoms with E-state index in [1.54, 1.807) is 24.3 Å². The highest BCUT2D eigenvalue weighted by Crippen LogP contribution is 2.25. The summed E-state index contributed by atoms with van der Waals surface area (Å²) in [6.07, 6.45) is 1.52. The Morgan fingerprint density at radius 1 is 1.30 bits per heavy atom. The van der Waals surface area contributed by atoms with Crippen LogP contribution in [0.25, 0.3) is 11.0 Å². The van der Waals surface area contributed by atoms with Crippen LogP contribution in [0.5, 0.6) is 5.88 Å². The van der Waals surface area contributed by atoms with Crippen molar-refractivity contribution in [2.75, 3.05) is 7.11 Å². The van der Waals surface area contributed by atoms with E-state index in [9.17, 15) is 9.18 Å². The molecule has 0 spiro atoms. The van der Waals surface area contributed by atoms with E-state index in [1.807, 2.05) is 0 Å². The van der Waals surface area contributed by atoms with Gasteiger partial charge in [-0.25, -0.2) is 9.37 Å². The summed E-state index contributed by atoms with van der Waals surface area (Å²) in [6.45, 7) is 0. The van der Waals surface area contributed by atoms with Crippen LogP contribution in [0.1, 0.15) is 16.1 Å². The molecule has 4 nitrogen and oxygen atoms in total. The molecule has 2 aromatic heterocycles. The third kappa shape index (κ3) is 1.93. The maximum Gasteiger partial charge on any atom is 0.233 e. The van der Waals surface area contributed by atoms with Crippen LogP contribution in [-0.4, -0.2) is 17.9 Å². The maximum absolute atomic E-state index is 13.6. The van der Waals surface area contributed by atoms with Gasteiger partial charge >= 0.3 is 0 Å². The molecule has 0 bridgehead atoms. The Kier molecular flexibility index (Phi) is 2.95. The van der Waals surface area contributed by atoms with Gasteiger partial charge in [-0.1, -0.05) is 12.1 Å². The number of nitrogens with zero attached hydrogens (tertiary/aromatic N) is 1. The van der Waals surface area contributed by atoms with Crippen molar-refractivity contribution < 1.29 is 18.3 Å². The normalized spacial score (nSPS) is 10.7. The number of benzene rings is 1.